The molecule has 5 heteroatoms. The molecule has 0 aliphatic rings. The molecule has 1 N–H and O–H groups in total. The predicted octanol–water partition coefficient (Wildman–Crippen LogP) is 0.104. The van der Waals surface area contributed by atoms with Gasteiger partial charge in [0.1, 0.15) is 5.78 Å². The summed E-state index contributed by atoms with van der Waals surface area (Å²) in [6, 6.07) is 3.26. The van der Waals surface area contributed by atoms with Crippen LogP contribution in [0.3, 0.4) is 0 Å². The van der Waals surface area contributed by atoms with E-state index in [9.17, 15) is 9.59 Å². The molecule has 0 saturated carbocycles. The quantitative estimate of drug-likeness (QED) is 0.739. The van der Waals surface area contributed by atoms with Crippen LogP contribution in [0.1, 0.15) is 23.1 Å². The zero-order chi connectivity index (χ0) is 10.6. The lowest BCUT2D eigenvalue weighted by atomic mass is 10.3. The number of Topliss-reactive ketones (excluding diaryl/α,β-unsaturated/α-hetero) is 1. The molecule has 0 aromatic carbocycles. The Bertz CT molecular complexity index is 346. The zero-order valence-corrected chi connectivity index (χ0v) is 8.07. The SMILES string of the molecule is CC(=O)CNC(=O)c1ccc(C)nn1. The number of amides is 1. The normalized spacial score (nSPS) is 9.57. The Hall–Kier alpha value is -1.78. The number of nitrogens with one attached hydrogen (secondary N) is 1. The predicted molar refractivity (Wildman–Crippen MR) is 49.8 cm³/mol. The fourth-order valence-electron chi connectivity index (χ4n) is 0.815. The van der Waals surface area contributed by atoms with Crippen LogP contribution in [0.5, 0.6) is 0 Å². The van der Waals surface area contributed by atoms with Crippen LogP contribution < -0.4 is 5.32 Å². The Kier molecular flexibility index (Phi) is 3.28. The minimum Gasteiger partial charge on any atom is -0.344 e. The first-order valence-electron chi connectivity index (χ1n) is 4.17. The van der Waals surface area contributed by atoms with Gasteiger partial charge >= 0.3 is 0 Å². The van der Waals surface area contributed by atoms with Crippen molar-refractivity contribution in [1.82, 2.24) is 15.5 Å². The number of carbonyl (C=O) groups is 2. The second-order valence-corrected chi connectivity index (χ2v) is 2.94. The lowest BCUT2D eigenvalue weighted by molar-refractivity contribution is -0.116. The highest BCUT2D eigenvalue weighted by atomic mass is 16.2. The number of hydrogen-bond acceptors (Lipinski definition) is 4. The molecular weight excluding hydrogens is 182 g/mol. The van der Waals surface area contributed by atoms with E-state index in [-0.39, 0.29) is 23.9 Å². The minimum atomic E-state index is -0.382. The van der Waals surface area contributed by atoms with E-state index in [4.69, 9.17) is 0 Å². The third-order valence-electron chi connectivity index (χ3n) is 1.53. The fourth-order valence-corrected chi connectivity index (χ4v) is 0.815. The third kappa shape index (κ3) is 2.93. The molecular formula is C9H11N3O2. The number of ketones is 1. The summed E-state index contributed by atoms with van der Waals surface area (Å²) in [7, 11) is 0. The topological polar surface area (TPSA) is 72.0 Å². The molecule has 0 saturated heterocycles. The van der Waals surface area contributed by atoms with Gasteiger partial charge in [0, 0.05) is 0 Å². The smallest absolute Gasteiger partial charge is 0.272 e. The average Bonchev–Trinajstić information content (AvgIpc) is 2.15. The summed E-state index contributed by atoms with van der Waals surface area (Å²) in [5.74, 6) is -0.480. The van der Waals surface area contributed by atoms with Crippen molar-refractivity contribution in [2.45, 2.75) is 13.8 Å². The van der Waals surface area contributed by atoms with E-state index in [0.29, 0.717) is 0 Å². The first kappa shape index (κ1) is 10.3. The van der Waals surface area contributed by atoms with Crippen LogP contribution in [-0.2, 0) is 4.79 Å². The maximum Gasteiger partial charge on any atom is 0.272 e. The summed E-state index contributed by atoms with van der Waals surface area (Å²) >= 11 is 0. The maximum absolute atomic E-state index is 11.3. The first-order chi connectivity index (χ1) is 6.59. The first-order valence-corrected chi connectivity index (χ1v) is 4.17. The summed E-state index contributed by atoms with van der Waals surface area (Å²) in [5.41, 5.74) is 0.963. The summed E-state index contributed by atoms with van der Waals surface area (Å²) in [6.45, 7) is 3.21. The minimum absolute atomic E-state index is 0.0222. The standard InChI is InChI=1S/C9H11N3O2/c1-6-3-4-8(12-11-6)9(14)10-5-7(2)13/h3-4H,5H2,1-2H3,(H,10,14). The molecule has 0 unspecified atom stereocenters. The van der Waals surface area contributed by atoms with Gasteiger partial charge in [-0.25, -0.2) is 0 Å². The van der Waals surface area contributed by atoms with E-state index in [2.05, 4.69) is 15.5 Å². The van der Waals surface area contributed by atoms with Crippen LogP contribution in [0, 0.1) is 6.92 Å². The monoisotopic (exact) mass is 193 g/mol. The second-order valence-electron chi connectivity index (χ2n) is 2.94. The van der Waals surface area contributed by atoms with Crippen molar-refractivity contribution in [3.05, 3.63) is 23.5 Å². The van der Waals surface area contributed by atoms with Gasteiger partial charge in [0.05, 0.1) is 12.2 Å². The molecule has 0 fully saturated rings. The molecule has 5 nitrogen and oxygen atoms in total. The molecule has 1 amide bonds. The molecule has 0 bridgehead atoms. The number of hydrogen-bond donors (Lipinski definition) is 1. The van der Waals surface area contributed by atoms with Gasteiger partial charge in [-0.2, -0.15) is 5.10 Å². The average molecular weight is 193 g/mol. The zero-order valence-electron chi connectivity index (χ0n) is 8.07. The molecule has 1 aromatic rings. The van der Waals surface area contributed by atoms with Gasteiger partial charge in [0.25, 0.3) is 5.91 Å². The Morgan fingerprint density at radius 1 is 1.36 bits per heavy atom. The molecule has 0 spiro atoms. The maximum atomic E-state index is 11.3. The highest BCUT2D eigenvalue weighted by molar-refractivity contribution is 5.94. The summed E-state index contributed by atoms with van der Waals surface area (Å²) in [5, 5.41) is 9.84. The van der Waals surface area contributed by atoms with Crippen molar-refractivity contribution in [2.24, 2.45) is 0 Å². The fraction of sp³-hybridized carbons (Fsp3) is 0.333. The summed E-state index contributed by atoms with van der Waals surface area (Å²) < 4.78 is 0. The summed E-state index contributed by atoms with van der Waals surface area (Å²) in [4.78, 5) is 21.9. The van der Waals surface area contributed by atoms with Crippen LogP contribution in [0.25, 0.3) is 0 Å². The Labute approximate surface area is 81.5 Å². The Balaban J connectivity index is 2.61. The second kappa shape index (κ2) is 4.45. The number of rotatable bonds is 3. The molecule has 0 radical (unpaired) electrons. The number of carbonyl (C=O) groups excluding carboxylic acids is 2. The van der Waals surface area contributed by atoms with Crippen LogP contribution in [0.4, 0.5) is 0 Å². The van der Waals surface area contributed by atoms with Crippen LogP contribution in [0.2, 0.25) is 0 Å². The van der Waals surface area contributed by atoms with E-state index < -0.39 is 0 Å². The Morgan fingerprint density at radius 2 is 2.07 bits per heavy atom. The van der Waals surface area contributed by atoms with E-state index in [0.717, 1.165) is 5.69 Å². The molecule has 74 valence electrons. The molecule has 1 rings (SSSR count). The van der Waals surface area contributed by atoms with Gasteiger partial charge in [0.2, 0.25) is 0 Å². The molecule has 0 aliphatic carbocycles. The van der Waals surface area contributed by atoms with Crippen molar-refractivity contribution in [3.8, 4) is 0 Å². The van der Waals surface area contributed by atoms with Gasteiger partial charge in [0.15, 0.2) is 5.69 Å². The highest BCUT2D eigenvalue weighted by Gasteiger charge is 2.07. The highest BCUT2D eigenvalue weighted by Crippen LogP contribution is 1.94. The van der Waals surface area contributed by atoms with Crippen molar-refractivity contribution >= 4 is 11.7 Å². The van der Waals surface area contributed by atoms with Gasteiger partial charge in [-0.1, -0.05) is 0 Å². The number of aromatic nitrogens is 2. The van der Waals surface area contributed by atoms with Crippen molar-refractivity contribution in [3.63, 3.8) is 0 Å². The van der Waals surface area contributed by atoms with Gasteiger partial charge < -0.3 is 5.32 Å². The molecule has 0 aliphatic heterocycles. The van der Waals surface area contributed by atoms with Gasteiger partial charge in [-0.3, -0.25) is 9.59 Å². The molecule has 0 atom stereocenters. The Morgan fingerprint density at radius 3 is 2.57 bits per heavy atom. The van der Waals surface area contributed by atoms with E-state index in [1.165, 1.54) is 6.92 Å². The number of nitrogens with zero attached hydrogens (tertiary/aromatic N) is 2. The van der Waals surface area contributed by atoms with E-state index in [1.54, 1.807) is 19.1 Å². The van der Waals surface area contributed by atoms with Crippen LogP contribution in [0.15, 0.2) is 12.1 Å². The summed E-state index contributed by atoms with van der Waals surface area (Å²) in [6.07, 6.45) is 0. The number of aryl methyl sites for hydroxylation is 1. The van der Waals surface area contributed by atoms with Crippen molar-refractivity contribution in [2.75, 3.05) is 6.54 Å². The lowest BCUT2D eigenvalue weighted by Gasteiger charge is -2.00. The van der Waals surface area contributed by atoms with Crippen LogP contribution in [-0.4, -0.2) is 28.4 Å². The third-order valence-corrected chi connectivity index (χ3v) is 1.53. The van der Waals surface area contributed by atoms with E-state index in [1.807, 2.05) is 0 Å². The van der Waals surface area contributed by atoms with E-state index >= 15 is 0 Å². The molecule has 14 heavy (non-hydrogen) atoms. The van der Waals surface area contributed by atoms with Gasteiger partial charge in [-0.15, -0.1) is 5.10 Å². The van der Waals surface area contributed by atoms with Crippen molar-refractivity contribution < 1.29 is 9.59 Å². The molecule has 1 heterocycles. The molecule has 1 aromatic heterocycles. The van der Waals surface area contributed by atoms with Crippen LogP contribution >= 0.6 is 0 Å². The van der Waals surface area contributed by atoms with Gasteiger partial charge in [-0.05, 0) is 26.0 Å². The lowest BCUT2D eigenvalue weighted by Crippen LogP contribution is -2.29. The largest absolute Gasteiger partial charge is 0.344 e. The van der Waals surface area contributed by atoms with Crippen molar-refractivity contribution in [1.29, 1.82) is 0 Å².